The standard InChI is InChI=1S/C23H34N4O2/c1-17-14-18(2)27(25-17)16-19(3)26-12-10-20(11-13-26)8-9-23(28)24-21-6-5-7-22(15-21)29-4/h5-7,14-15,19-20H,8-13,16H2,1-4H3,(H,24,28). The maximum Gasteiger partial charge on any atom is 0.224 e. The molecule has 1 saturated heterocycles. The predicted octanol–water partition coefficient (Wildman–Crippen LogP) is 4.03. The van der Waals surface area contributed by atoms with Gasteiger partial charge in [0.2, 0.25) is 5.91 Å². The van der Waals surface area contributed by atoms with Crippen molar-refractivity contribution in [3.63, 3.8) is 0 Å². The van der Waals surface area contributed by atoms with Crippen LogP contribution in [0.4, 0.5) is 5.69 Å². The first-order valence-corrected chi connectivity index (χ1v) is 10.6. The monoisotopic (exact) mass is 398 g/mol. The van der Waals surface area contributed by atoms with Crippen LogP contribution in [0.15, 0.2) is 30.3 Å². The lowest BCUT2D eigenvalue weighted by Crippen LogP contribution is -2.42. The highest BCUT2D eigenvalue weighted by Gasteiger charge is 2.23. The minimum atomic E-state index is 0.0820. The van der Waals surface area contributed by atoms with Crippen LogP contribution in [-0.2, 0) is 11.3 Å². The molecular weight excluding hydrogens is 364 g/mol. The van der Waals surface area contributed by atoms with Gasteiger partial charge in [0.15, 0.2) is 0 Å². The third kappa shape index (κ3) is 6.07. The van der Waals surface area contributed by atoms with E-state index in [1.807, 2.05) is 31.2 Å². The fraction of sp³-hybridized carbons (Fsp3) is 0.565. The first-order chi connectivity index (χ1) is 13.9. The number of hydrogen-bond donors (Lipinski definition) is 1. The smallest absolute Gasteiger partial charge is 0.224 e. The summed E-state index contributed by atoms with van der Waals surface area (Å²) >= 11 is 0. The number of anilines is 1. The van der Waals surface area contributed by atoms with E-state index in [2.05, 4.69) is 39.9 Å². The molecule has 29 heavy (non-hydrogen) atoms. The lowest BCUT2D eigenvalue weighted by atomic mass is 9.91. The number of likely N-dealkylation sites (tertiary alicyclic amines) is 1. The Bertz CT molecular complexity index is 809. The largest absolute Gasteiger partial charge is 0.497 e. The van der Waals surface area contributed by atoms with Gasteiger partial charge < -0.3 is 10.1 Å². The van der Waals surface area contributed by atoms with Crippen LogP contribution in [0.25, 0.3) is 0 Å². The number of aryl methyl sites for hydroxylation is 2. The van der Waals surface area contributed by atoms with Gasteiger partial charge in [0, 0.05) is 29.9 Å². The quantitative estimate of drug-likeness (QED) is 0.729. The van der Waals surface area contributed by atoms with Crippen molar-refractivity contribution >= 4 is 11.6 Å². The summed E-state index contributed by atoms with van der Waals surface area (Å²) < 4.78 is 7.32. The summed E-state index contributed by atoms with van der Waals surface area (Å²) in [7, 11) is 1.63. The molecule has 2 heterocycles. The van der Waals surface area contributed by atoms with E-state index in [0.29, 0.717) is 18.4 Å². The third-order valence-electron chi connectivity index (χ3n) is 5.95. The van der Waals surface area contributed by atoms with E-state index in [1.165, 1.54) is 5.69 Å². The molecule has 0 bridgehead atoms. The molecule has 1 N–H and O–H groups in total. The molecule has 1 unspecified atom stereocenters. The molecule has 1 fully saturated rings. The summed E-state index contributed by atoms with van der Waals surface area (Å²) in [4.78, 5) is 14.9. The van der Waals surface area contributed by atoms with E-state index < -0.39 is 0 Å². The van der Waals surface area contributed by atoms with Gasteiger partial charge in [0.05, 0.1) is 19.3 Å². The fourth-order valence-corrected chi connectivity index (χ4v) is 4.17. The van der Waals surface area contributed by atoms with Gasteiger partial charge in [0.1, 0.15) is 5.75 Å². The number of piperidine rings is 1. The Hall–Kier alpha value is -2.34. The average molecular weight is 399 g/mol. The van der Waals surface area contributed by atoms with Crippen molar-refractivity contribution in [3.05, 3.63) is 41.7 Å². The number of carbonyl (C=O) groups excluding carboxylic acids is 1. The average Bonchev–Trinajstić information content (AvgIpc) is 3.03. The zero-order chi connectivity index (χ0) is 20.8. The zero-order valence-electron chi connectivity index (χ0n) is 18.1. The lowest BCUT2D eigenvalue weighted by Gasteiger charge is -2.36. The Labute approximate surface area is 174 Å². The Morgan fingerprint density at radius 1 is 1.28 bits per heavy atom. The van der Waals surface area contributed by atoms with Crippen LogP contribution >= 0.6 is 0 Å². The summed E-state index contributed by atoms with van der Waals surface area (Å²) in [5.74, 6) is 1.46. The zero-order valence-corrected chi connectivity index (χ0v) is 18.1. The first kappa shape index (κ1) is 21.4. The molecule has 0 saturated carbocycles. The highest BCUT2D eigenvalue weighted by molar-refractivity contribution is 5.90. The van der Waals surface area contributed by atoms with Crippen LogP contribution in [0.2, 0.25) is 0 Å². The molecule has 3 rings (SSSR count). The van der Waals surface area contributed by atoms with Crippen LogP contribution < -0.4 is 10.1 Å². The minimum absolute atomic E-state index is 0.0820. The molecular formula is C23H34N4O2. The van der Waals surface area contributed by atoms with Crippen LogP contribution in [-0.4, -0.2) is 46.8 Å². The molecule has 1 amide bonds. The maximum atomic E-state index is 12.3. The molecule has 2 aromatic rings. The van der Waals surface area contributed by atoms with Gasteiger partial charge in [-0.3, -0.25) is 14.4 Å². The molecule has 0 radical (unpaired) electrons. The first-order valence-electron chi connectivity index (χ1n) is 10.6. The van der Waals surface area contributed by atoms with E-state index in [1.54, 1.807) is 7.11 Å². The molecule has 158 valence electrons. The van der Waals surface area contributed by atoms with E-state index in [4.69, 9.17) is 4.74 Å². The Balaban J connectivity index is 1.39. The fourth-order valence-electron chi connectivity index (χ4n) is 4.17. The highest BCUT2D eigenvalue weighted by atomic mass is 16.5. The number of carbonyl (C=O) groups is 1. The summed E-state index contributed by atoms with van der Waals surface area (Å²) in [6, 6.07) is 10.1. The normalized spacial score (nSPS) is 16.6. The number of nitrogens with zero attached hydrogens (tertiary/aromatic N) is 3. The summed E-state index contributed by atoms with van der Waals surface area (Å²) in [6.45, 7) is 9.59. The molecule has 1 aliphatic rings. The number of amides is 1. The van der Waals surface area contributed by atoms with E-state index in [-0.39, 0.29) is 5.91 Å². The number of aromatic nitrogens is 2. The number of nitrogens with one attached hydrogen (secondary N) is 1. The molecule has 1 aromatic heterocycles. The molecule has 1 atom stereocenters. The van der Waals surface area contributed by atoms with Crippen molar-refractivity contribution in [2.75, 3.05) is 25.5 Å². The SMILES string of the molecule is COc1cccc(NC(=O)CCC2CCN(C(C)Cn3nc(C)cc3C)CC2)c1. The van der Waals surface area contributed by atoms with Crippen LogP contribution in [0.5, 0.6) is 5.75 Å². The Morgan fingerprint density at radius 2 is 2.03 bits per heavy atom. The van der Waals surface area contributed by atoms with E-state index >= 15 is 0 Å². The molecule has 0 aliphatic carbocycles. The van der Waals surface area contributed by atoms with Crippen molar-refractivity contribution in [1.29, 1.82) is 0 Å². The van der Waals surface area contributed by atoms with Crippen molar-refractivity contribution < 1.29 is 9.53 Å². The minimum Gasteiger partial charge on any atom is -0.497 e. The summed E-state index contributed by atoms with van der Waals surface area (Å²) in [5, 5.41) is 7.57. The van der Waals surface area contributed by atoms with Gasteiger partial charge in [-0.25, -0.2) is 0 Å². The van der Waals surface area contributed by atoms with Gasteiger partial charge in [-0.1, -0.05) is 6.07 Å². The number of ether oxygens (including phenoxy) is 1. The number of methoxy groups -OCH3 is 1. The Kier molecular flexibility index (Phi) is 7.31. The van der Waals surface area contributed by atoms with Crippen molar-refractivity contribution in [2.24, 2.45) is 5.92 Å². The molecule has 1 aromatic carbocycles. The van der Waals surface area contributed by atoms with Crippen molar-refractivity contribution in [3.8, 4) is 5.75 Å². The molecule has 6 heteroatoms. The Morgan fingerprint density at radius 3 is 2.69 bits per heavy atom. The van der Waals surface area contributed by atoms with Gasteiger partial charge in [-0.15, -0.1) is 0 Å². The van der Waals surface area contributed by atoms with Gasteiger partial charge in [-0.2, -0.15) is 5.10 Å². The van der Waals surface area contributed by atoms with Crippen molar-refractivity contribution in [1.82, 2.24) is 14.7 Å². The predicted molar refractivity (Wildman–Crippen MR) is 116 cm³/mol. The molecule has 6 nitrogen and oxygen atoms in total. The second kappa shape index (κ2) is 9.92. The van der Waals surface area contributed by atoms with Crippen LogP contribution in [0.3, 0.4) is 0 Å². The summed E-state index contributed by atoms with van der Waals surface area (Å²) in [6.07, 6.45) is 3.85. The number of rotatable bonds is 8. The van der Waals surface area contributed by atoms with Gasteiger partial charge in [-0.05, 0) is 77.2 Å². The van der Waals surface area contributed by atoms with Crippen LogP contribution in [0, 0.1) is 19.8 Å². The second-order valence-electron chi connectivity index (χ2n) is 8.26. The lowest BCUT2D eigenvalue weighted by molar-refractivity contribution is -0.116. The van der Waals surface area contributed by atoms with E-state index in [9.17, 15) is 4.79 Å². The number of benzene rings is 1. The van der Waals surface area contributed by atoms with Gasteiger partial charge in [0.25, 0.3) is 0 Å². The second-order valence-corrected chi connectivity index (χ2v) is 8.26. The third-order valence-corrected chi connectivity index (χ3v) is 5.95. The maximum absolute atomic E-state index is 12.3. The van der Waals surface area contributed by atoms with Gasteiger partial charge >= 0.3 is 0 Å². The van der Waals surface area contributed by atoms with Crippen molar-refractivity contribution in [2.45, 2.75) is 59.0 Å². The molecule has 1 aliphatic heterocycles. The summed E-state index contributed by atoms with van der Waals surface area (Å²) in [5.41, 5.74) is 3.11. The highest BCUT2D eigenvalue weighted by Crippen LogP contribution is 2.24. The number of hydrogen-bond acceptors (Lipinski definition) is 4. The van der Waals surface area contributed by atoms with E-state index in [0.717, 1.165) is 56.0 Å². The topological polar surface area (TPSA) is 59.4 Å². The molecule has 0 spiro atoms. The van der Waals surface area contributed by atoms with Crippen LogP contribution in [0.1, 0.15) is 44.0 Å².